The van der Waals surface area contributed by atoms with Crippen LogP contribution >= 0.6 is 11.8 Å². The summed E-state index contributed by atoms with van der Waals surface area (Å²) in [4.78, 5) is 1.33. The van der Waals surface area contributed by atoms with E-state index in [0.717, 1.165) is 18.7 Å². The maximum Gasteiger partial charge on any atom is 0.0343 e. The van der Waals surface area contributed by atoms with Gasteiger partial charge >= 0.3 is 0 Å². The van der Waals surface area contributed by atoms with Gasteiger partial charge in [-0.05, 0) is 36.2 Å². The van der Waals surface area contributed by atoms with Crippen LogP contribution in [0, 0.1) is 0 Å². The maximum atomic E-state index is 3.47. The second-order valence-corrected chi connectivity index (χ2v) is 5.31. The molecule has 1 N–H and O–H groups in total. The Morgan fingerprint density at radius 2 is 1.83 bits per heavy atom. The molecule has 2 aromatic carbocycles. The lowest BCUT2D eigenvalue weighted by Gasteiger charge is -2.07. The van der Waals surface area contributed by atoms with E-state index in [1.54, 1.807) is 0 Å². The molecule has 0 aromatic heterocycles. The molecule has 18 heavy (non-hydrogen) atoms. The lowest BCUT2D eigenvalue weighted by molar-refractivity contribution is 1.13. The number of hydrogen-bond donors (Lipinski definition) is 1. The number of nitrogens with one attached hydrogen (secondary N) is 1. The highest BCUT2D eigenvalue weighted by Gasteiger charge is 1.95. The van der Waals surface area contributed by atoms with Crippen LogP contribution in [-0.2, 0) is 6.42 Å². The predicted molar refractivity (Wildman–Crippen MR) is 81.5 cm³/mol. The van der Waals surface area contributed by atoms with Crippen molar-refractivity contribution in [3.8, 4) is 0 Å². The highest BCUT2D eigenvalue weighted by Crippen LogP contribution is 2.17. The SMILES string of the molecule is CCc1cccc(NCCSc2ccccc2)c1. The second-order valence-electron chi connectivity index (χ2n) is 4.14. The molecule has 0 aliphatic heterocycles. The molecule has 0 unspecified atom stereocenters. The number of anilines is 1. The fraction of sp³-hybridized carbons (Fsp3) is 0.250. The molecule has 0 saturated carbocycles. The van der Waals surface area contributed by atoms with Crippen molar-refractivity contribution in [2.75, 3.05) is 17.6 Å². The summed E-state index contributed by atoms with van der Waals surface area (Å²) >= 11 is 1.89. The minimum atomic E-state index is 0.993. The third-order valence-electron chi connectivity index (χ3n) is 2.78. The van der Waals surface area contributed by atoms with Gasteiger partial charge in [0.1, 0.15) is 0 Å². The smallest absolute Gasteiger partial charge is 0.0343 e. The Hall–Kier alpha value is -1.41. The monoisotopic (exact) mass is 257 g/mol. The Labute approximate surface area is 114 Å². The van der Waals surface area contributed by atoms with Gasteiger partial charge < -0.3 is 5.32 Å². The molecule has 2 rings (SSSR count). The maximum absolute atomic E-state index is 3.47. The van der Waals surface area contributed by atoms with Gasteiger partial charge in [0.2, 0.25) is 0 Å². The van der Waals surface area contributed by atoms with E-state index in [-0.39, 0.29) is 0 Å². The molecule has 0 aliphatic carbocycles. The number of benzene rings is 2. The van der Waals surface area contributed by atoms with E-state index in [1.807, 2.05) is 11.8 Å². The topological polar surface area (TPSA) is 12.0 Å². The van der Waals surface area contributed by atoms with Crippen LogP contribution in [0.2, 0.25) is 0 Å². The standard InChI is InChI=1S/C16H19NS/c1-2-14-7-6-8-15(13-14)17-11-12-18-16-9-4-3-5-10-16/h3-10,13,17H,2,11-12H2,1H3. The van der Waals surface area contributed by atoms with Crippen LogP contribution in [0.25, 0.3) is 0 Å². The van der Waals surface area contributed by atoms with E-state index in [0.29, 0.717) is 0 Å². The van der Waals surface area contributed by atoms with Crippen LogP contribution in [0.3, 0.4) is 0 Å². The van der Waals surface area contributed by atoms with Crippen molar-refractivity contribution in [2.24, 2.45) is 0 Å². The van der Waals surface area contributed by atoms with Crippen LogP contribution in [0.4, 0.5) is 5.69 Å². The third kappa shape index (κ3) is 4.11. The first-order valence-corrected chi connectivity index (χ1v) is 7.37. The molecule has 0 radical (unpaired) electrons. The van der Waals surface area contributed by atoms with E-state index in [4.69, 9.17) is 0 Å². The summed E-state index contributed by atoms with van der Waals surface area (Å²) < 4.78 is 0. The Balaban J connectivity index is 1.75. The molecule has 0 atom stereocenters. The van der Waals surface area contributed by atoms with Crippen molar-refractivity contribution < 1.29 is 0 Å². The van der Waals surface area contributed by atoms with Crippen molar-refractivity contribution in [1.29, 1.82) is 0 Å². The van der Waals surface area contributed by atoms with Crippen molar-refractivity contribution in [3.05, 3.63) is 60.2 Å². The fourth-order valence-corrected chi connectivity index (χ4v) is 2.57. The van der Waals surface area contributed by atoms with Gasteiger partial charge in [-0.15, -0.1) is 11.8 Å². The number of hydrogen-bond acceptors (Lipinski definition) is 2. The van der Waals surface area contributed by atoms with Gasteiger partial charge in [-0.2, -0.15) is 0 Å². The van der Waals surface area contributed by atoms with E-state index < -0.39 is 0 Å². The average Bonchev–Trinajstić information content (AvgIpc) is 2.45. The summed E-state index contributed by atoms with van der Waals surface area (Å²) in [7, 11) is 0. The van der Waals surface area contributed by atoms with Crippen molar-refractivity contribution in [2.45, 2.75) is 18.2 Å². The van der Waals surface area contributed by atoms with Crippen LogP contribution in [0.5, 0.6) is 0 Å². The Bertz CT molecular complexity index is 468. The molecule has 1 nitrogen and oxygen atoms in total. The zero-order chi connectivity index (χ0) is 12.6. The van der Waals surface area contributed by atoms with Gasteiger partial charge in [0, 0.05) is 22.9 Å². The van der Waals surface area contributed by atoms with Crippen LogP contribution in [0.1, 0.15) is 12.5 Å². The van der Waals surface area contributed by atoms with Gasteiger partial charge in [-0.3, -0.25) is 0 Å². The molecule has 0 aliphatic rings. The van der Waals surface area contributed by atoms with E-state index in [1.165, 1.54) is 16.1 Å². The molecule has 0 saturated heterocycles. The van der Waals surface area contributed by atoms with Gasteiger partial charge in [-0.25, -0.2) is 0 Å². The van der Waals surface area contributed by atoms with Crippen LogP contribution in [-0.4, -0.2) is 12.3 Å². The van der Waals surface area contributed by atoms with E-state index in [2.05, 4.69) is 66.8 Å². The molecule has 2 heteroatoms. The van der Waals surface area contributed by atoms with Crippen molar-refractivity contribution in [3.63, 3.8) is 0 Å². The molecule has 0 fully saturated rings. The predicted octanol–water partition coefficient (Wildman–Crippen LogP) is 4.45. The highest BCUT2D eigenvalue weighted by atomic mass is 32.2. The lowest BCUT2D eigenvalue weighted by atomic mass is 10.1. The summed E-state index contributed by atoms with van der Waals surface area (Å²) in [5, 5.41) is 3.47. The minimum absolute atomic E-state index is 0.993. The summed E-state index contributed by atoms with van der Waals surface area (Å²) in [6, 6.07) is 19.2. The van der Waals surface area contributed by atoms with Crippen molar-refractivity contribution >= 4 is 17.4 Å². The minimum Gasteiger partial charge on any atom is -0.384 e. The summed E-state index contributed by atoms with van der Waals surface area (Å²) in [6.07, 6.45) is 1.09. The first-order valence-electron chi connectivity index (χ1n) is 6.39. The van der Waals surface area contributed by atoms with E-state index >= 15 is 0 Å². The van der Waals surface area contributed by atoms with Gasteiger partial charge in [0.25, 0.3) is 0 Å². The third-order valence-corrected chi connectivity index (χ3v) is 3.79. The van der Waals surface area contributed by atoms with E-state index in [9.17, 15) is 0 Å². The molecule has 94 valence electrons. The summed E-state index contributed by atoms with van der Waals surface area (Å²) in [5.41, 5.74) is 2.61. The zero-order valence-corrected chi connectivity index (χ0v) is 11.5. The fourth-order valence-electron chi connectivity index (χ4n) is 1.78. The molecule has 0 bridgehead atoms. The first kappa shape index (κ1) is 13.0. The molecule has 0 amide bonds. The Kier molecular flexibility index (Phi) is 5.15. The molecule has 0 spiro atoms. The number of thioether (sulfide) groups is 1. The zero-order valence-electron chi connectivity index (χ0n) is 10.7. The van der Waals surface area contributed by atoms with Gasteiger partial charge in [0.05, 0.1) is 0 Å². The Morgan fingerprint density at radius 3 is 2.61 bits per heavy atom. The molecular weight excluding hydrogens is 238 g/mol. The lowest BCUT2D eigenvalue weighted by Crippen LogP contribution is -2.04. The Morgan fingerprint density at radius 1 is 1.00 bits per heavy atom. The normalized spacial score (nSPS) is 10.3. The second kappa shape index (κ2) is 7.12. The van der Waals surface area contributed by atoms with Gasteiger partial charge in [0.15, 0.2) is 0 Å². The summed E-state index contributed by atoms with van der Waals surface area (Å²) in [5.74, 6) is 1.08. The average molecular weight is 257 g/mol. The van der Waals surface area contributed by atoms with Crippen LogP contribution < -0.4 is 5.32 Å². The van der Waals surface area contributed by atoms with Crippen molar-refractivity contribution in [1.82, 2.24) is 0 Å². The largest absolute Gasteiger partial charge is 0.384 e. The molecule has 2 aromatic rings. The van der Waals surface area contributed by atoms with Gasteiger partial charge in [-0.1, -0.05) is 37.3 Å². The molecule has 0 heterocycles. The first-order chi connectivity index (χ1) is 8.88. The number of rotatable bonds is 6. The summed E-state index contributed by atoms with van der Waals surface area (Å²) in [6.45, 7) is 3.18. The van der Waals surface area contributed by atoms with Crippen LogP contribution in [0.15, 0.2) is 59.5 Å². The number of aryl methyl sites for hydroxylation is 1. The quantitative estimate of drug-likeness (QED) is 0.606. The molecular formula is C16H19NS. The highest BCUT2D eigenvalue weighted by molar-refractivity contribution is 7.99.